The number of nitriles is 1. The van der Waals surface area contributed by atoms with Gasteiger partial charge in [0.05, 0.1) is 5.56 Å². The maximum absolute atomic E-state index is 11.0. The minimum Gasteiger partial charge on any atom is -0.456 e. The maximum Gasteiger partial charge on any atom is 0.140 e. The van der Waals surface area contributed by atoms with Crippen LogP contribution in [-0.2, 0) is 0 Å². The Labute approximate surface area is 398 Å². The first-order chi connectivity index (χ1) is 33.0. The second-order valence-electron chi connectivity index (χ2n) is 19.6. The van der Waals surface area contributed by atoms with Crippen molar-refractivity contribution < 1.29 is 8.83 Å². The molecule has 0 aliphatic heterocycles. The number of anilines is 6. The first-order valence-corrected chi connectivity index (χ1v) is 24.1. The topological polar surface area (TPSA) is 56.6 Å². The first-order valence-electron chi connectivity index (χ1n) is 24.1. The lowest BCUT2D eigenvalue weighted by Gasteiger charge is -2.31. The van der Waals surface area contributed by atoms with Gasteiger partial charge in [0.2, 0.25) is 0 Å². The third kappa shape index (κ3) is 7.06. The van der Waals surface area contributed by atoms with Crippen molar-refractivity contribution in [3.05, 3.63) is 192 Å². The molecular weight excluding hydrogens is 831 g/mol. The number of nitrogens with zero attached hydrogens (tertiary/aromatic N) is 3. The summed E-state index contributed by atoms with van der Waals surface area (Å²) < 4.78 is 13.4. The van der Waals surface area contributed by atoms with E-state index in [0.29, 0.717) is 40.4 Å². The average Bonchev–Trinajstić information content (AvgIpc) is 3.88. The number of fused-ring (bicyclic) bond motifs is 8. The molecule has 0 N–H and O–H groups in total. The van der Waals surface area contributed by atoms with E-state index in [4.69, 9.17) is 8.83 Å². The second-order valence-corrected chi connectivity index (χ2v) is 19.6. The fourth-order valence-corrected chi connectivity index (χ4v) is 10.6. The van der Waals surface area contributed by atoms with Gasteiger partial charge in [0.1, 0.15) is 28.4 Å². The summed E-state index contributed by atoms with van der Waals surface area (Å²) in [5.74, 6) is 1.34. The Balaban J connectivity index is 1.05. The summed E-state index contributed by atoms with van der Waals surface area (Å²) in [7, 11) is 0. The molecule has 0 unspecified atom stereocenters. The second kappa shape index (κ2) is 16.8. The molecule has 0 radical (unpaired) electrons. The van der Waals surface area contributed by atoms with Crippen LogP contribution in [0.4, 0.5) is 34.1 Å². The van der Waals surface area contributed by atoms with E-state index in [0.717, 1.165) is 65.6 Å². The van der Waals surface area contributed by atoms with Gasteiger partial charge in [0.15, 0.2) is 0 Å². The summed E-state index contributed by atoms with van der Waals surface area (Å²) in [6.07, 6.45) is 0. The number of benzene rings is 9. The SMILES string of the molecule is CC(C)c1ccccc1N(c1ccc2cc3c(cc2c1)oc1cc2oc4cc5cc(N(c6ccccc6C(C)C)c6ccccc6C(C)C)ccc5cc4c2c(C#N)c13)c1ccccc1C(C)C. The highest BCUT2D eigenvalue weighted by Crippen LogP contribution is 2.47. The standard InChI is InChI=1S/C63H55N3O2/c1-37(2)47-17-9-13-21-54(47)65(55-22-14-10-18-48(55)38(3)4)45-27-25-41-31-51-58(33-43(41)29-45)67-60-35-61-63(53(36-64)62(51)60)52-32-42-26-28-46(30-44(42)34-59(52)68-61)66(56-23-15-11-19-49(56)39(5)6)57-24-16-12-20-50(57)40(7)8/h9-35,37-40H,1-8H3. The molecule has 0 saturated carbocycles. The Morgan fingerprint density at radius 1 is 0.368 bits per heavy atom. The molecule has 0 aliphatic rings. The third-order valence-corrected chi connectivity index (χ3v) is 13.9. The molecule has 0 fully saturated rings. The van der Waals surface area contributed by atoms with E-state index in [1.807, 2.05) is 6.07 Å². The molecule has 68 heavy (non-hydrogen) atoms. The Kier molecular flexibility index (Phi) is 10.6. The predicted molar refractivity (Wildman–Crippen MR) is 286 cm³/mol. The monoisotopic (exact) mass is 885 g/mol. The number of hydrogen-bond donors (Lipinski definition) is 0. The Bertz CT molecular complexity index is 3460. The smallest absolute Gasteiger partial charge is 0.140 e. The van der Waals surface area contributed by atoms with Crippen LogP contribution in [0.25, 0.3) is 65.4 Å². The van der Waals surface area contributed by atoms with Crippen LogP contribution < -0.4 is 9.80 Å². The lowest BCUT2D eigenvalue weighted by Crippen LogP contribution is -2.15. The van der Waals surface area contributed by atoms with E-state index in [1.165, 1.54) is 45.0 Å². The molecule has 5 heteroatoms. The van der Waals surface area contributed by atoms with Crippen molar-refractivity contribution >= 4 is 99.5 Å². The van der Waals surface area contributed by atoms with E-state index in [1.54, 1.807) is 0 Å². The van der Waals surface area contributed by atoms with E-state index < -0.39 is 0 Å². The van der Waals surface area contributed by atoms with Crippen LogP contribution in [0.5, 0.6) is 0 Å². The summed E-state index contributed by atoms with van der Waals surface area (Å²) in [5.41, 5.74) is 15.3. The fourth-order valence-electron chi connectivity index (χ4n) is 10.6. The van der Waals surface area contributed by atoms with E-state index in [-0.39, 0.29) is 0 Å². The van der Waals surface area contributed by atoms with Crippen LogP contribution >= 0.6 is 0 Å². The zero-order valence-electron chi connectivity index (χ0n) is 40.1. The highest BCUT2D eigenvalue weighted by Gasteiger charge is 2.25. The number of para-hydroxylation sites is 4. The van der Waals surface area contributed by atoms with Crippen LogP contribution in [-0.4, -0.2) is 0 Å². The molecule has 9 aromatic carbocycles. The summed E-state index contributed by atoms with van der Waals surface area (Å²) in [6.45, 7) is 18.1. The molecule has 0 amide bonds. The van der Waals surface area contributed by atoms with Gasteiger partial charge < -0.3 is 18.6 Å². The van der Waals surface area contributed by atoms with Crippen molar-refractivity contribution in [2.24, 2.45) is 0 Å². The van der Waals surface area contributed by atoms with Crippen molar-refractivity contribution in [2.75, 3.05) is 9.80 Å². The van der Waals surface area contributed by atoms with Gasteiger partial charge >= 0.3 is 0 Å². The molecule has 2 heterocycles. The largest absolute Gasteiger partial charge is 0.456 e. The quantitative estimate of drug-likeness (QED) is 0.137. The van der Waals surface area contributed by atoms with Crippen molar-refractivity contribution in [1.82, 2.24) is 0 Å². The predicted octanol–water partition coefficient (Wildman–Crippen LogP) is 19.1. The average molecular weight is 886 g/mol. The van der Waals surface area contributed by atoms with Gasteiger partial charge in [0.25, 0.3) is 0 Å². The lowest BCUT2D eigenvalue weighted by atomic mass is 9.95. The fraction of sp³-hybridized carbons (Fsp3) is 0.190. The first kappa shape index (κ1) is 42.8. The molecule has 0 saturated heterocycles. The molecule has 334 valence electrons. The van der Waals surface area contributed by atoms with Crippen LogP contribution in [0.2, 0.25) is 0 Å². The molecule has 0 spiro atoms. The lowest BCUT2D eigenvalue weighted by molar-refractivity contribution is 0.656. The molecule has 11 rings (SSSR count). The van der Waals surface area contributed by atoms with Crippen molar-refractivity contribution in [2.45, 2.75) is 79.1 Å². The van der Waals surface area contributed by atoms with Crippen LogP contribution in [0, 0.1) is 11.3 Å². The van der Waals surface area contributed by atoms with Crippen LogP contribution in [0.1, 0.15) is 107 Å². The molecule has 5 nitrogen and oxygen atoms in total. The van der Waals surface area contributed by atoms with Gasteiger partial charge in [-0.15, -0.1) is 0 Å². The molecule has 0 bridgehead atoms. The van der Waals surface area contributed by atoms with Crippen LogP contribution in [0.3, 0.4) is 0 Å². The Hall–Kier alpha value is -7.81. The zero-order valence-corrected chi connectivity index (χ0v) is 40.1. The molecule has 11 aromatic rings. The summed E-state index contributed by atoms with van der Waals surface area (Å²) >= 11 is 0. The minimum absolute atomic E-state index is 0.335. The number of furan rings is 2. The van der Waals surface area contributed by atoms with E-state index in [9.17, 15) is 5.26 Å². The summed E-state index contributed by atoms with van der Waals surface area (Å²) in [5, 5.41) is 18.7. The number of rotatable bonds is 10. The molecule has 0 atom stereocenters. The van der Waals surface area contributed by atoms with Crippen molar-refractivity contribution in [3.8, 4) is 6.07 Å². The van der Waals surface area contributed by atoms with Crippen molar-refractivity contribution in [3.63, 3.8) is 0 Å². The Morgan fingerprint density at radius 2 is 0.706 bits per heavy atom. The van der Waals surface area contributed by atoms with E-state index >= 15 is 0 Å². The normalized spacial score (nSPS) is 12.0. The van der Waals surface area contributed by atoms with Gasteiger partial charge in [-0.25, -0.2) is 0 Å². The van der Waals surface area contributed by atoms with Gasteiger partial charge in [-0.3, -0.25) is 0 Å². The van der Waals surface area contributed by atoms with Gasteiger partial charge in [-0.2, -0.15) is 5.26 Å². The van der Waals surface area contributed by atoms with Gasteiger partial charge in [-0.05, 0) is 140 Å². The van der Waals surface area contributed by atoms with Crippen LogP contribution in [0.15, 0.2) is 173 Å². The molecular formula is C63H55N3O2. The van der Waals surface area contributed by atoms with Gasteiger partial charge in [-0.1, -0.05) is 140 Å². The minimum atomic E-state index is 0.335. The maximum atomic E-state index is 11.0. The highest BCUT2D eigenvalue weighted by atomic mass is 16.3. The van der Waals surface area contributed by atoms with E-state index in [2.05, 4.69) is 229 Å². The highest BCUT2D eigenvalue weighted by molar-refractivity contribution is 6.22. The third-order valence-electron chi connectivity index (χ3n) is 13.9. The number of hydrogen-bond acceptors (Lipinski definition) is 5. The Morgan fingerprint density at radius 3 is 1.03 bits per heavy atom. The molecule has 2 aromatic heterocycles. The zero-order chi connectivity index (χ0) is 47.0. The van der Waals surface area contributed by atoms with Gasteiger partial charge in [0, 0.05) is 61.7 Å². The summed E-state index contributed by atoms with van der Waals surface area (Å²) in [4.78, 5) is 4.83. The van der Waals surface area contributed by atoms with Crippen molar-refractivity contribution in [1.29, 1.82) is 5.26 Å². The molecule has 0 aliphatic carbocycles. The summed E-state index contributed by atoms with van der Waals surface area (Å²) in [6, 6.07) is 61.5.